The number of hydrazone groups is 1. The fourth-order valence-electron chi connectivity index (χ4n) is 1.86. The van der Waals surface area contributed by atoms with Gasteiger partial charge < -0.3 is 26.7 Å². The number of benzene rings is 1. The molecule has 0 spiro atoms. The number of nitrogens with two attached hydrogens (primary N) is 1. The quantitative estimate of drug-likeness (QED) is 0.236. The van der Waals surface area contributed by atoms with E-state index in [9.17, 15) is 14.4 Å². The number of aliphatic carboxylic acids is 1. The van der Waals surface area contributed by atoms with E-state index in [2.05, 4.69) is 15.7 Å². The number of hydrogen-bond donors (Lipinski definition) is 5. The van der Waals surface area contributed by atoms with Gasteiger partial charge in [-0.05, 0) is 17.7 Å². The molecule has 1 aromatic rings. The Labute approximate surface area is 138 Å². The van der Waals surface area contributed by atoms with Gasteiger partial charge in [0.25, 0.3) is 0 Å². The van der Waals surface area contributed by atoms with Crippen molar-refractivity contribution in [1.82, 2.24) is 5.32 Å². The van der Waals surface area contributed by atoms with Crippen molar-refractivity contribution in [3.63, 3.8) is 0 Å². The molecule has 0 saturated carbocycles. The zero-order valence-electron chi connectivity index (χ0n) is 12.9. The lowest BCUT2D eigenvalue weighted by atomic mass is 10.2. The zero-order chi connectivity index (χ0) is 17.9. The molecule has 9 nitrogen and oxygen atoms in total. The van der Waals surface area contributed by atoms with Gasteiger partial charge in [-0.25, -0.2) is 0 Å². The van der Waals surface area contributed by atoms with Crippen molar-refractivity contribution in [3.8, 4) is 0 Å². The van der Waals surface area contributed by atoms with Crippen LogP contribution >= 0.6 is 0 Å². The van der Waals surface area contributed by atoms with E-state index in [0.717, 1.165) is 5.56 Å². The minimum absolute atomic E-state index is 0.0664. The van der Waals surface area contributed by atoms with Crippen LogP contribution < -0.4 is 16.5 Å². The van der Waals surface area contributed by atoms with Crippen LogP contribution in [0.25, 0.3) is 0 Å². The third-order valence-electron chi connectivity index (χ3n) is 3.00. The Bertz CT molecular complexity index is 600. The first-order valence-corrected chi connectivity index (χ1v) is 7.19. The Hall–Kier alpha value is -2.94. The number of carboxylic acid groups (broad SMARTS) is 1. The molecule has 0 bridgehead atoms. The SMILES string of the molecule is NN=Cc1ccc(NC(=O)CCC(=O)N[C@H](CO)CC(=O)O)cc1. The van der Waals surface area contributed by atoms with E-state index in [4.69, 9.17) is 16.1 Å². The summed E-state index contributed by atoms with van der Waals surface area (Å²) in [5.41, 5.74) is 1.34. The summed E-state index contributed by atoms with van der Waals surface area (Å²) < 4.78 is 0. The number of carbonyl (C=O) groups is 3. The standard InChI is InChI=1S/C15H20N4O5/c16-17-8-10-1-3-11(4-2-10)18-13(21)5-6-14(22)19-12(9-20)7-15(23)24/h1-4,8,12,20H,5-7,9,16H2,(H,18,21)(H,19,22)(H,23,24)/t12-/m0/s1. The molecule has 0 aromatic heterocycles. The number of aliphatic hydroxyl groups is 1. The van der Waals surface area contributed by atoms with E-state index < -0.39 is 24.5 Å². The van der Waals surface area contributed by atoms with Crippen LogP contribution in [-0.4, -0.2) is 46.9 Å². The summed E-state index contributed by atoms with van der Waals surface area (Å²) in [4.78, 5) is 34.0. The van der Waals surface area contributed by atoms with E-state index in [0.29, 0.717) is 5.69 Å². The second-order valence-corrected chi connectivity index (χ2v) is 4.99. The smallest absolute Gasteiger partial charge is 0.305 e. The predicted octanol–water partition coefficient (Wildman–Crippen LogP) is -0.350. The summed E-state index contributed by atoms with van der Waals surface area (Å²) in [5.74, 6) is 3.05. The average molecular weight is 336 g/mol. The van der Waals surface area contributed by atoms with Crippen LogP contribution in [-0.2, 0) is 14.4 Å². The topological polar surface area (TPSA) is 154 Å². The molecule has 0 heterocycles. The van der Waals surface area contributed by atoms with Crippen molar-refractivity contribution in [2.75, 3.05) is 11.9 Å². The number of nitrogens with one attached hydrogen (secondary N) is 2. The van der Waals surface area contributed by atoms with E-state index in [1.54, 1.807) is 24.3 Å². The number of anilines is 1. The van der Waals surface area contributed by atoms with Crippen molar-refractivity contribution < 1.29 is 24.6 Å². The molecule has 1 atom stereocenters. The van der Waals surface area contributed by atoms with Gasteiger partial charge in [-0.3, -0.25) is 14.4 Å². The second-order valence-electron chi connectivity index (χ2n) is 4.99. The molecular formula is C15H20N4O5. The molecule has 0 aliphatic rings. The van der Waals surface area contributed by atoms with Crippen LogP contribution in [0.4, 0.5) is 5.69 Å². The highest BCUT2D eigenvalue weighted by molar-refractivity contribution is 5.93. The summed E-state index contributed by atoms with van der Waals surface area (Å²) in [6, 6.07) is 5.91. The third-order valence-corrected chi connectivity index (χ3v) is 3.00. The van der Waals surface area contributed by atoms with Crippen LogP contribution in [0.5, 0.6) is 0 Å². The molecule has 1 rings (SSSR count). The monoisotopic (exact) mass is 336 g/mol. The van der Waals surface area contributed by atoms with E-state index >= 15 is 0 Å². The summed E-state index contributed by atoms with van der Waals surface area (Å²) in [6.45, 7) is -0.483. The molecule has 6 N–H and O–H groups in total. The fourth-order valence-corrected chi connectivity index (χ4v) is 1.86. The highest BCUT2D eigenvalue weighted by Gasteiger charge is 2.15. The van der Waals surface area contributed by atoms with E-state index in [1.165, 1.54) is 6.21 Å². The molecule has 0 unspecified atom stereocenters. The number of carbonyl (C=O) groups excluding carboxylic acids is 2. The van der Waals surface area contributed by atoms with Crippen LogP contribution in [0.15, 0.2) is 29.4 Å². The highest BCUT2D eigenvalue weighted by Crippen LogP contribution is 2.09. The largest absolute Gasteiger partial charge is 0.481 e. The van der Waals surface area contributed by atoms with Gasteiger partial charge in [0.1, 0.15) is 0 Å². The molecule has 0 aliphatic carbocycles. The van der Waals surface area contributed by atoms with Gasteiger partial charge in [0.2, 0.25) is 11.8 Å². The van der Waals surface area contributed by atoms with E-state index in [1.807, 2.05) is 0 Å². The summed E-state index contributed by atoms with van der Waals surface area (Å²) in [7, 11) is 0. The minimum atomic E-state index is -1.13. The minimum Gasteiger partial charge on any atom is -0.481 e. The van der Waals surface area contributed by atoms with Crippen molar-refractivity contribution >= 4 is 29.7 Å². The molecule has 0 aliphatic heterocycles. The molecule has 24 heavy (non-hydrogen) atoms. The molecular weight excluding hydrogens is 316 g/mol. The maximum Gasteiger partial charge on any atom is 0.305 e. The number of aliphatic hydroxyl groups excluding tert-OH is 1. The lowest BCUT2D eigenvalue weighted by Crippen LogP contribution is -2.39. The molecule has 0 saturated heterocycles. The lowest BCUT2D eigenvalue weighted by Gasteiger charge is -2.13. The molecule has 2 amide bonds. The average Bonchev–Trinajstić information content (AvgIpc) is 2.54. The predicted molar refractivity (Wildman–Crippen MR) is 87.4 cm³/mol. The second kappa shape index (κ2) is 9.95. The number of carboxylic acids is 1. The molecule has 1 aromatic carbocycles. The summed E-state index contributed by atoms with van der Waals surface area (Å²) >= 11 is 0. The molecule has 0 fully saturated rings. The molecule has 9 heteroatoms. The number of amides is 2. The van der Waals surface area contributed by atoms with Crippen LogP contribution in [0.1, 0.15) is 24.8 Å². The number of nitrogens with zero attached hydrogens (tertiary/aromatic N) is 1. The Morgan fingerprint density at radius 2 is 1.79 bits per heavy atom. The third kappa shape index (κ3) is 7.36. The molecule has 130 valence electrons. The van der Waals surface area contributed by atoms with Gasteiger partial charge in [0, 0.05) is 18.5 Å². The maximum atomic E-state index is 11.8. The summed E-state index contributed by atoms with van der Waals surface area (Å²) in [6.07, 6.45) is 0.903. The van der Waals surface area contributed by atoms with Gasteiger partial charge in [-0.2, -0.15) is 5.10 Å². The number of hydrogen-bond acceptors (Lipinski definition) is 6. The van der Waals surface area contributed by atoms with Gasteiger partial charge >= 0.3 is 5.97 Å². The Morgan fingerprint density at radius 1 is 1.17 bits per heavy atom. The Kier molecular flexibility index (Phi) is 7.92. The zero-order valence-corrected chi connectivity index (χ0v) is 12.9. The summed E-state index contributed by atoms with van der Waals surface area (Å²) in [5, 5.41) is 26.0. The fraction of sp³-hybridized carbons (Fsp3) is 0.333. The van der Waals surface area contributed by atoms with Crippen LogP contribution in [0.2, 0.25) is 0 Å². The van der Waals surface area contributed by atoms with Crippen molar-refractivity contribution in [2.24, 2.45) is 10.9 Å². The highest BCUT2D eigenvalue weighted by atomic mass is 16.4. The first-order valence-electron chi connectivity index (χ1n) is 7.19. The van der Waals surface area contributed by atoms with Crippen LogP contribution in [0, 0.1) is 0 Å². The first kappa shape index (κ1) is 19.1. The van der Waals surface area contributed by atoms with Crippen molar-refractivity contribution in [3.05, 3.63) is 29.8 Å². The lowest BCUT2D eigenvalue weighted by molar-refractivity contribution is -0.138. The Balaban J connectivity index is 2.39. The van der Waals surface area contributed by atoms with Crippen molar-refractivity contribution in [2.45, 2.75) is 25.3 Å². The van der Waals surface area contributed by atoms with Gasteiger partial charge in [0.05, 0.1) is 25.3 Å². The normalized spacial score (nSPS) is 11.9. The van der Waals surface area contributed by atoms with E-state index in [-0.39, 0.29) is 25.2 Å². The van der Waals surface area contributed by atoms with Gasteiger partial charge in [-0.15, -0.1) is 0 Å². The van der Waals surface area contributed by atoms with Crippen molar-refractivity contribution in [1.29, 1.82) is 0 Å². The van der Waals surface area contributed by atoms with Crippen LogP contribution in [0.3, 0.4) is 0 Å². The van der Waals surface area contributed by atoms with Gasteiger partial charge in [-0.1, -0.05) is 12.1 Å². The molecule has 0 radical (unpaired) electrons. The Morgan fingerprint density at radius 3 is 2.33 bits per heavy atom. The first-order chi connectivity index (χ1) is 11.4. The number of rotatable bonds is 9. The maximum absolute atomic E-state index is 11.8. The van der Waals surface area contributed by atoms with Gasteiger partial charge in [0.15, 0.2) is 0 Å².